The minimum atomic E-state index is -0.400. The van der Waals surface area contributed by atoms with Crippen LogP contribution in [0.25, 0.3) is 22.5 Å². The minimum absolute atomic E-state index is 0.00130. The fourth-order valence-electron chi connectivity index (χ4n) is 4.67. The molecule has 1 aromatic heterocycles. The van der Waals surface area contributed by atoms with E-state index in [1.165, 1.54) is 11.8 Å². The fraction of sp³-hybridized carbons (Fsp3) is 0.125. The Balaban J connectivity index is 1.34. The lowest BCUT2D eigenvalue weighted by Crippen LogP contribution is -2.34. The molecule has 4 aromatic carbocycles. The predicted octanol–water partition coefficient (Wildman–Crippen LogP) is 8.07. The number of fused-ring (bicyclic) bond motifs is 2. The molecule has 1 N–H and O–H groups in total. The van der Waals surface area contributed by atoms with Crippen LogP contribution in [0.4, 0.5) is 11.4 Å². The zero-order chi connectivity index (χ0) is 27.6. The molecule has 40 heavy (non-hydrogen) atoms. The van der Waals surface area contributed by atoms with E-state index in [9.17, 15) is 4.79 Å². The maximum Gasteiger partial charge on any atom is 0.244 e. The third-order valence-corrected chi connectivity index (χ3v) is 8.82. The molecule has 1 unspecified atom stereocenters. The summed E-state index contributed by atoms with van der Waals surface area (Å²) in [4.78, 5) is 26.5. The third kappa shape index (κ3) is 4.96. The van der Waals surface area contributed by atoms with Crippen LogP contribution < -0.4 is 14.4 Å². The summed E-state index contributed by atoms with van der Waals surface area (Å²) in [6.07, 6.45) is 0. The molecule has 6 nitrogen and oxygen atoms in total. The molecule has 1 aliphatic rings. The highest BCUT2D eigenvalue weighted by Gasteiger charge is 2.32. The van der Waals surface area contributed by atoms with E-state index in [-0.39, 0.29) is 5.91 Å². The highest BCUT2D eigenvalue weighted by atomic mass is 32.2. The lowest BCUT2D eigenvalue weighted by atomic mass is 10.0. The van der Waals surface area contributed by atoms with Gasteiger partial charge >= 0.3 is 0 Å². The number of rotatable bonds is 7. The van der Waals surface area contributed by atoms with E-state index in [0.717, 1.165) is 55.2 Å². The van der Waals surface area contributed by atoms with Crippen molar-refractivity contribution in [3.63, 3.8) is 0 Å². The Labute approximate surface area is 241 Å². The van der Waals surface area contributed by atoms with Gasteiger partial charge in [-0.15, -0.1) is 0 Å². The molecule has 1 atom stereocenters. The molecule has 1 aliphatic heterocycles. The number of anilines is 2. The van der Waals surface area contributed by atoms with Crippen molar-refractivity contribution in [1.82, 2.24) is 9.97 Å². The van der Waals surface area contributed by atoms with Gasteiger partial charge in [-0.2, -0.15) is 0 Å². The number of aromatic amines is 1. The number of nitrogens with zero attached hydrogens (tertiary/aromatic N) is 2. The largest absolute Gasteiger partial charge is 0.497 e. The van der Waals surface area contributed by atoms with Gasteiger partial charge in [-0.05, 0) is 79.7 Å². The van der Waals surface area contributed by atoms with E-state index >= 15 is 0 Å². The zero-order valence-corrected chi connectivity index (χ0v) is 23.9. The molecule has 0 bridgehead atoms. The van der Waals surface area contributed by atoms with Gasteiger partial charge in [-0.25, -0.2) is 4.98 Å². The maximum atomic E-state index is 14.0. The van der Waals surface area contributed by atoms with Gasteiger partial charge in [0.05, 0.1) is 42.2 Å². The normalized spacial score (nSPS) is 12.8. The highest BCUT2D eigenvalue weighted by molar-refractivity contribution is 8.00. The predicted molar refractivity (Wildman–Crippen MR) is 162 cm³/mol. The summed E-state index contributed by atoms with van der Waals surface area (Å²) >= 11 is 3.11. The van der Waals surface area contributed by atoms with Crippen LogP contribution in [0, 0.1) is 0 Å². The first-order valence-corrected chi connectivity index (χ1v) is 14.5. The van der Waals surface area contributed by atoms with Crippen LogP contribution in [-0.2, 0) is 4.79 Å². The van der Waals surface area contributed by atoms with Crippen molar-refractivity contribution in [2.75, 3.05) is 19.1 Å². The lowest BCUT2D eigenvalue weighted by molar-refractivity contribution is -0.117. The van der Waals surface area contributed by atoms with E-state index in [1.807, 2.05) is 96.8 Å². The fourth-order valence-corrected chi connectivity index (χ4v) is 6.58. The zero-order valence-electron chi connectivity index (χ0n) is 22.3. The number of para-hydroxylation sites is 2. The van der Waals surface area contributed by atoms with Crippen molar-refractivity contribution in [3.05, 3.63) is 97.1 Å². The van der Waals surface area contributed by atoms with Crippen molar-refractivity contribution in [2.45, 2.75) is 27.1 Å². The Morgan fingerprint density at radius 2 is 1.32 bits per heavy atom. The van der Waals surface area contributed by atoms with Gasteiger partial charge in [0.1, 0.15) is 11.5 Å². The Kier molecular flexibility index (Phi) is 7.28. The first kappa shape index (κ1) is 26.1. The first-order valence-electron chi connectivity index (χ1n) is 12.8. The number of hydrogen-bond donors (Lipinski definition) is 1. The molecule has 8 heteroatoms. The van der Waals surface area contributed by atoms with Crippen LogP contribution in [-0.4, -0.2) is 35.3 Å². The number of H-pyrrole nitrogens is 1. The van der Waals surface area contributed by atoms with E-state index < -0.39 is 5.25 Å². The Morgan fingerprint density at radius 1 is 0.800 bits per heavy atom. The average molecular weight is 566 g/mol. The van der Waals surface area contributed by atoms with Crippen molar-refractivity contribution < 1.29 is 14.3 Å². The number of thioether (sulfide) groups is 1. The summed E-state index contributed by atoms with van der Waals surface area (Å²) in [6.45, 7) is 1.93. The summed E-state index contributed by atoms with van der Waals surface area (Å²) in [5, 5.41) is 0.272. The number of imidazole rings is 1. The smallest absolute Gasteiger partial charge is 0.244 e. The maximum absolute atomic E-state index is 14.0. The van der Waals surface area contributed by atoms with Crippen LogP contribution >= 0.6 is 23.5 Å². The van der Waals surface area contributed by atoms with Gasteiger partial charge < -0.3 is 14.5 Å². The number of benzene rings is 4. The van der Waals surface area contributed by atoms with Crippen molar-refractivity contribution in [2.24, 2.45) is 0 Å². The number of hydrogen-bond acceptors (Lipinski definition) is 6. The number of carbonyl (C=O) groups excluding carboxylic acids is 1. The summed E-state index contributed by atoms with van der Waals surface area (Å²) in [7, 11) is 3.30. The van der Waals surface area contributed by atoms with Gasteiger partial charge in [-0.1, -0.05) is 47.8 Å². The number of aromatic nitrogens is 2. The molecule has 0 saturated heterocycles. The van der Waals surface area contributed by atoms with Crippen LogP contribution in [0.3, 0.4) is 0 Å². The van der Waals surface area contributed by atoms with Gasteiger partial charge in [-0.3, -0.25) is 9.69 Å². The molecule has 0 spiro atoms. The highest BCUT2D eigenvalue weighted by Crippen LogP contribution is 2.48. The number of nitrogens with one attached hydrogen (secondary N) is 1. The monoisotopic (exact) mass is 565 g/mol. The summed E-state index contributed by atoms with van der Waals surface area (Å²) in [5.74, 6) is 1.56. The van der Waals surface area contributed by atoms with Gasteiger partial charge in [0.25, 0.3) is 0 Å². The minimum Gasteiger partial charge on any atom is -0.497 e. The molecule has 0 radical (unpaired) electrons. The van der Waals surface area contributed by atoms with Crippen LogP contribution in [0.5, 0.6) is 11.5 Å². The van der Waals surface area contributed by atoms with Gasteiger partial charge in [0.2, 0.25) is 5.91 Å². The average Bonchev–Trinajstić information content (AvgIpc) is 3.43. The number of carbonyl (C=O) groups is 1. The summed E-state index contributed by atoms with van der Waals surface area (Å²) < 4.78 is 10.7. The third-order valence-electron chi connectivity index (χ3n) is 6.71. The second kappa shape index (κ2) is 11.2. The summed E-state index contributed by atoms with van der Waals surface area (Å²) in [5.41, 5.74) is 5.41. The SMILES string of the molecule is COc1ccc(-c2nc(SC(C)C(=O)N3c4ccccc4Sc4ccccc43)[nH]c2-c2ccc(OC)cc2)cc1. The molecular weight excluding hydrogens is 539 g/mol. The van der Waals surface area contributed by atoms with Crippen LogP contribution in [0.1, 0.15) is 6.92 Å². The molecule has 200 valence electrons. The molecule has 1 amide bonds. The molecule has 0 saturated carbocycles. The molecule has 6 rings (SSSR count). The second-order valence-corrected chi connectivity index (χ2v) is 11.6. The summed E-state index contributed by atoms with van der Waals surface area (Å²) in [6, 6.07) is 31.8. The topological polar surface area (TPSA) is 67.5 Å². The van der Waals surface area contributed by atoms with Crippen LogP contribution in [0.15, 0.2) is 112 Å². The second-order valence-electron chi connectivity index (χ2n) is 9.19. The number of methoxy groups -OCH3 is 2. The molecule has 5 aromatic rings. The van der Waals surface area contributed by atoms with E-state index in [2.05, 4.69) is 17.1 Å². The van der Waals surface area contributed by atoms with Crippen LogP contribution in [0.2, 0.25) is 0 Å². The number of amides is 1. The van der Waals surface area contributed by atoms with Crippen molar-refractivity contribution in [3.8, 4) is 34.0 Å². The standard InChI is InChI=1S/C32H27N3O3S2/c1-20(31(36)35-25-8-4-6-10-27(25)40-28-11-7-5-9-26(28)35)39-32-33-29(21-12-16-23(37-2)17-13-21)30(34-32)22-14-18-24(38-3)19-15-22/h4-20H,1-3H3,(H,33,34). The van der Waals surface area contributed by atoms with Gasteiger partial charge in [0.15, 0.2) is 5.16 Å². The van der Waals surface area contributed by atoms with Crippen molar-refractivity contribution in [1.29, 1.82) is 0 Å². The Bertz CT molecular complexity index is 1560. The van der Waals surface area contributed by atoms with E-state index in [1.54, 1.807) is 26.0 Å². The van der Waals surface area contributed by atoms with Gasteiger partial charge in [0, 0.05) is 20.9 Å². The quantitative estimate of drug-likeness (QED) is 0.201. The molecule has 2 heterocycles. The lowest BCUT2D eigenvalue weighted by Gasteiger charge is -2.32. The van der Waals surface area contributed by atoms with E-state index in [4.69, 9.17) is 14.5 Å². The molecule has 0 fully saturated rings. The Morgan fingerprint density at radius 3 is 1.88 bits per heavy atom. The first-order chi connectivity index (χ1) is 19.6. The molecule has 0 aliphatic carbocycles. The number of ether oxygens (including phenoxy) is 2. The Hall–Kier alpha value is -4.14. The van der Waals surface area contributed by atoms with Crippen molar-refractivity contribution >= 4 is 40.8 Å². The van der Waals surface area contributed by atoms with E-state index in [0.29, 0.717) is 5.16 Å². The molecular formula is C32H27N3O3S2.